The average Bonchev–Trinajstić information content (AvgIpc) is 2.94. The summed E-state index contributed by atoms with van der Waals surface area (Å²) in [6.07, 6.45) is 5.44. The average molecular weight is 564 g/mol. The number of alkyl halides is 3. The number of nitrogens with zero attached hydrogens (tertiary/aromatic N) is 4. The molecular weight excluding hydrogens is 535 g/mol. The van der Waals surface area contributed by atoms with E-state index in [0.29, 0.717) is 36.6 Å². The maximum Gasteiger partial charge on any atom is 0.573 e. The first kappa shape index (κ1) is 28.0. The van der Waals surface area contributed by atoms with Gasteiger partial charge in [-0.2, -0.15) is 0 Å². The number of halogens is 3. The third-order valence-electron chi connectivity index (χ3n) is 7.57. The van der Waals surface area contributed by atoms with Crippen molar-refractivity contribution in [2.45, 2.75) is 25.2 Å². The van der Waals surface area contributed by atoms with Gasteiger partial charge in [0.2, 0.25) is 11.8 Å². The maximum absolute atomic E-state index is 13.0. The third kappa shape index (κ3) is 5.85. The molecule has 1 fully saturated rings. The predicted molar refractivity (Wildman–Crippen MR) is 146 cm³/mol. The Morgan fingerprint density at radius 1 is 1.10 bits per heavy atom. The highest BCUT2D eigenvalue weighted by Crippen LogP contribution is 2.44. The molecule has 3 heterocycles. The Morgan fingerprint density at radius 3 is 2.44 bits per heavy atom. The fraction of sp³-hybridized carbons (Fsp3) is 0.267. The largest absolute Gasteiger partial charge is 0.573 e. The standard InChI is InChI=1S/C30H28F3N5O3/c1-20-25(22-4-7-24(8-5-22)41-30(31,32)33)3-2-12-29(20,28(34)40)23-6-9-26(36-17-23)38-16-15-37(19-27(38)39)18-21-10-13-35-14-11-21/h2-14,17,20H,15-16,18-19H2,1H3,(H2,34,40). The summed E-state index contributed by atoms with van der Waals surface area (Å²) < 4.78 is 41.7. The van der Waals surface area contributed by atoms with Gasteiger partial charge in [0.1, 0.15) is 17.0 Å². The first-order valence-electron chi connectivity index (χ1n) is 13.0. The molecule has 2 unspecified atom stereocenters. The van der Waals surface area contributed by atoms with E-state index in [4.69, 9.17) is 5.73 Å². The molecule has 2 aliphatic rings. The van der Waals surface area contributed by atoms with Gasteiger partial charge >= 0.3 is 6.36 Å². The van der Waals surface area contributed by atoms with Crippen LogP contribution in [0, 0.1) is 5.92 Å². The molecular formula is C30H28F3N5O3. The van der Waals surface area contributed by atoms with Crippen LogP contribution in [0.1, 0.15) is 23.6 Å². The van der Waals surface area contributed by atoms with Gasteiger partial charge in [0.15, 0.2) is 0 Å². The number of allylic oxidation sites excluding steroid dienone is 3. The van der Waals surface area contributed by atoms with Gasteiger partial charge in [-0.1, -0.05) is 43.4 Å². The number of benzene rings is 1. The van der Waals surface area contributed by atoms with Crippen LogP contribution in [0.4, 0.5) is 19.0 Å². The van der Waals surface area contributed by atoms with Crippen LogP contribution < -0.4 is 15.4 Å². The smallest absolute Gasteiger partial charge is 0.406 e. The van der Waals surface area contributed by atoms with Gasteiger partial charge in [-0.25, -0.2) is 4.98 Å². The summed E-state index contributed by atoms with van der Waals surface area (Å²) in [5.74, 6) is -1.01. The molecule has 0 saturated carbocycles. The molecule has 2 aromatic heterocycles. The summed E-state index contributed by atoms with van der Waals surface area (Å²) in [5, 5.41) is 0. The number of carbonyl (C=O) groups excluding carboxylic acids is 2. The van der Waals surface area contributed by atoms with Gasteiger partial charge in [0.25, 0.3) is 0 Å². The minimum absolute atomic E-state index is 0.0794. The van der Waals surface area contributed by atoms with Crippen molar-refractivity contribution in [3.8, 4) is 5.75 Å². The minimum Gasteiger partial charge on any atom is -0.406 e. The number of carbonyl (C=O) groups is 2. The lowest BCUT2D eigenvalue weighted by Gasteiger charge is -2.38. The van der Waals surface area contributed by atoms with Crippen molar-refractivity contribution in [2.24, 2.45) is 11.7 Å². The van der Waals surface area contributed by atoms with Crippen molar-refractivity contribution >= 4 is 23.2 Å². The Balaban J connectivity index is 1.33. The third-order valence-corrected chi connectivity index (χ3v) is 7.57. The number of ether oxygens (including phenoxy) is 1. The van der Waals surface area contributed by atoms with E-state index in [1.807, 2.05) is 19.1 Å². The topological polar surface area (TPSA) is 102 Å². The van der Waals surface area contributed by atoms with Gasteiger partial charge in [-0.3, -0.25) is 24.4 Å². The summed E-state index contributed by atoms with van der Waals surface area (Å²) in [6, 6.07) is 12.8. The number of amides is 2. The van der Waals surface area contributed by atoms with E-state index >= 15 is 0 Å². The summed E-state index contributed by atoms with van der Waals surface area (Å²) >= 11 is 0. The number of primary amides is 1. The molecule has 41 heavy (non-hydrogen) atoms. The molecule has 0 bridgehead atoms. The molecule has 0 spiro atoms. The fourth-order valence-electron chi connectivity index (χ4n) is 5.45. The van der Waals surface area contributed by atoms with Crippen molar-refractivity contribution in [1.29, 1.82) is 0 Å². The highest BCUT2D eigenvalue weighted by molar-refractivity contribution is 5.96. The second kappa shape index (κ2) is 11.2. The van der Waals surface area contributed by atoms with Gasteiger partial charge in [0.05, 0.1) is 6.54 Å². The van der Waals surface area contributed by atoms with Crippen LogP contribution in [0.2, 0.25) is 0 Å². The Hall–Kier alpha value is -4.51. The van der Waals surface area contributed by atoms with E-state index in [2.05, 4.69) is 19.6 Å². The first-order valence-corrected chi connectivity index (χ1v) is 13.0. The normalized spacial score (nSPS) is 21.5. The number of anilines is 1. The number of rotatable bonds is 7. The van der Waals surface area contributed by atoms with Crippen molar-refractivity contribution in [3.05, 3.63) is 102 Å². The molecule has 3 aromatic rings. The predicted octanol–water partition coefficient (Wildman–Crippen LogP) is 4.24. The quantitative estimate of drug-likeness (QED) is 0.462. The highest BCUT2D eigenvalue weighted by Gasteiger charge is 2.45. The second-order valence-corrected chi connectivity index (χ2v) is 10.0. The number of aromatic nitrogens is 2. The van der Waals surface area contributed by atoms with Crippen molar-refractivity contribution in [2.75, 3.05) is 24.5 Å². The van der Waals surface area contributed by atoms with Crippen LogP contribution in [0.15, 0.2) is 85.3 Å². The molecule has 11 heteroatoms. The number of hydrogen-bond acceptors (Lipinski definition) is 6. The van der Waals surface area contributed by atoms with Crippen LogP contribution in [-0.4, -0.2) is 52.7 Å². The molecule has 8 nitrogen and oxygen atoms in total. The molecule has 2 atom stereocenters. The van der Waals surface area contributed by atoms with Crippen molar-refractivity contribution < 1.29 is 27.5 Å². The van der Waals surface area contributed by atoms with Crippen LogP contribution in [-0.2, 0) is 21.5 Å². The van der Waals surface area contributed by atoms with Crippen molar-refractivity contribution in [1.82, 2.24) is 14.9 Å². The molecule has 1 aliphatic heterocycles. The van der Waals surface area contributed by atoms with Gasteiger partial charge in [0, 0.05) is 44.1 Å². The molecule has 212 valence electrons. The summed E-state index contributed by atoms with van der Waals surface area (Å²) in [5.41, 5.74) is 7.68. The zero-order valence-corrected chi connectivity index (χ0v) is 22.2. The zero-order valence-electron chi connectivity index (χ0n) is 22.2. The fourth-order valence-corrected chi connectivity index (χ4v) is 5.45. The Labute approximate surface area is 234 Å². The van der Waals surface area contributed by atoms with E-state index in [-0.39, 0.29) is 18.2 Å². The molecule has 1 aliphatic carbocycles. The molecule has 5 rings (SSSR count). The zero-order chi connectivity index (χ0) is 29.2. The Morgan fingerprint density at radius 2 is 1.83 bits per heavy atom. The lowest BCUT2D eigenvalue weighted by Crippen LogP contribution is -2.50. The first-order chi connectivity index (χ1) is 19.6. The van der Waals surface area contributed by atoms with Crippen molar-refractivity contribution in [3.63, 3.8) is 0 Å². The lowest BCUT2D eigenvalue weighted by molar-refractivity contribution is -0.274. The maximum atomic E-state index is 13.0. The molecule has 0 radical (unpaired) electrons. The Kier molecular flexibility index (Phi) is 7.63. The molecule has 2 N–H and O–H groups in total. The molecule has 1 aromatic carbocycles. The molecule has 1 saturated heterocycles. The van der Waals surface area contributed by atoms with Gasteiger partial charge < -0.3 is 10.5 Å². The number of pyridine rings is 2. The van der Waals surface area contributed by atoms with Gasteiger partial charge in [-0.15, -0.1) is 13.2 Å². The van der Waals surface area contributed by atoms with Crippen LogP contribution in [0.3, 0.4) is 0 Å². The summed E-state index contributed by atoms with van der Waals surface area (Å²) in [4.78, 5) is 38.2. The van der Waals surface area contributed by atoms with E-state index in [1.54, 1.807) is 53.9 Å². The number of nitrogens with two attached hydrogens (primary N) is 1. The highest BCUT2D eigenvalue weighted by atomic mass is 19.4. The summed E-state index contributed by atoms with van der Waals surface area (Å²) in [7, 11) is 0. The number of piperazine rings is 1. The minimum atomic E-state index is -4.79. The summed E-state index contributed by atoms with van der Waals surface area (Å²) in [6.45, 7) is 3.86. The monoisotopic (exact) mass is 563 g/mol. The number of hydrogen-bond donors (Lipinski definition) is 1. The van der Waals surface area contributed by atoms with Crippen LogP contribution >= 0.6 is 0 Å². The lowest BCUT2D eigenvalue weighted by atomic mass is 9.64. The van der Waals surface area contributed by atoms with Crippen LogP contribution in [0.25, 0.3) is 5.57 Å². The Bertz CT molecular complexity index is 1470. The van der Waals surface area contributed by atoms with Gasteiger partial charge in [-0.05, 0) is 52.6 Å². The van der Waals surface area contributed by atoms with E-state index in [0.717, 1.165) is 11.1 Å². The van der Waals surface area contributed by atoms with E-state index < -0.39 is 23.6 Å². The van der Waals surface area contributed by atoms with E-state index in [9.17, 15) is 22.8 Å². The second-order valence-electron chi connectivity index (χ2n) is 10.0. The molecule has 2 amide bonds. The van der Waals surface area contributed by atoms with E-state index in [1.165, 1.54) is 24.3 Å². The SMILES string of the molecule is CC1C(c2ccc(OC(F)(F)F)cc2)=CC=CC1(C(N)=O)c1ccc(N2CCN(Cc3ccncc3)CC2=O)nc1. The van der Waals surface area contributed by atoms with Crippen LogP contribution in [0.5, 0.6) is 5.75 Å².